The maximum atomic E-state index is 12.6. The van der Waals surface area contributed by atoms with Crippen LogP contribution in [0.1, 0.15) is 52.5 Å². The molecule has 1 aromatic carbocycles. The number of hydrogen-bond acceptors (Lipinski definition) is 2. The fraction of sp³-hybridized carbons (Fsp3) is 0.619. The predicted octanol–water partition coefficient (Wildman–Crippen LogP) is 3.41. The van der Waals surface area contributed by atoms with Crippen molar-refractivity contribution in [2.75, 3.05) is 13.1 Å². The third kappa shape index (κ3) is 5.87. The van der Waals surface area contributed by atoms with Gasteiger partial charge in [-0.05, 0) is 38.2 Å². The summed E-state index contributed by atoms with van der Waals surface area (Å²) in [7, 11) is 0. The summed E-state index contributed by atoms with van der Waals surface area (Å²) < 4.78 is 0. The molecule has 2 atom stereocenters. The van der Waals surface area contributed by atoms with Crippen molar-refractivity contribution in [1.29, 1.82) is 0 Å². The summed E-state index contributed by atoms with van der Waals surface area (Å²) in [5, 5.41) is 3.14. The topological polar surface area (TPSA) is 49.4 Å². The van der Waals surface area contributed by atoms with Gasteiger partial charge < -0.3 is 10.2 Å². The number of benzene rings is 1. The average molecular weight is 344 g/mol. The van der Waals surface area contributed by atoms with Crippen molar-refractivity contribution in [1.82, 2.24) is 10.2 Å². The lowest BCUT2D eigenvalue weighted by atomic mass is 9.90. The lowest BCUT2D eigenvalue weighted by Crippen LogP contribution is -2.49. The zero-order valence-corrected chi connectivity index (χ0v) is 16.0. The van der Waals surface area contributed by atoms with Gasteiger partial charge in [0.05, 0.1) is 5.92 Å². The fourth-order valence-corrected chi connectivity index (χ4v) is 3.31. The number of nitrogens with zero attached hydrogens (tertiary/aromatic N) is 1. The average Bonchev–Trinajstić information content (AvgIpc) is 2.59. The van der Waals surface area contributed by atoms with Crippen LogP contribution in [0.4, 0.5) is 0 Å². The van der Waals surface area contributed by atoms with Crippen LogP contribution in [0.15, 0.2) is 30.3 Å². The zero-order chi connectivity index (χ0) is 18.4. The minimum atomic E-state index is -0.388. The van der Waals surface area contributed by atoms with E-state index in [1.54, 1.807) is 0 Å². The van der Waals surface area contributed by atoms with E-state index in [0.717, 1.165) is 32.2 Å². The van der Waals surface area contributed by atoms with E-state index in [1.165, 1.54) is 5.56 Å². The number of rotatable bonds is 5. The number of aryl methyl sites for hydroxylation is 1. The number of hydrogen-bond donors (Lipinski definition) is 1. The fourth-order valence-electron chi connectivity index (χ4n) is 3.31. The summed E-state index contributed by atoms with van der Waals surface area (Å²) in [6.45, 7) is 9.18. The molecule has 1 saturated heterocycles. The quantitative estimate of drug-likeness (QED) is 0.890. The first-order valence-electron chi connectivity index (χ1n) is 9.41. The Hall–Kier alpha value is -1.84. The molecule has 1 N–H and O–H groups in total. The van der Waals surface area contributed by atoms with E-state index in [4.69, 9.17) is 0 Å². The van der Waals surface area contributed by atoms with Gasteiger partial charge >= 0.3 is 0 Å². The van der Waals surface area contributed by atoms with Gasteiger partial charge in [-0.25, -0.2) is 0 Å². The van der Waals surface area contributed by atoms with Gasteiger partial charge in [-0.15, -0.1) is 0 Å². The van der Waals surface area contributed by atoms with Crippen LogP contribution in [0.3, 0.4) is 0 Å². The highest BCUT2D eigenvalue weighted by Gasteiger charge is 2.33. The van der Waals surface area contributed by atoms with Crippen molar-refractivity contribution in [2.24, 2.45) is 11.3 Å². The molecular formula is C21H32N2O2. The van der Waals surface area contributed by atoms with E-state index in [1.807, 2.05) is 43.9 Å². The third-order valence-electron chi connectivity index (χ3n) is 4.82. The van der Waals surface area contributed by atoms with Crippen LogP contribution in [-0.4, -0.2) is 35.8 Å². The van der Waals surface area contributed by atoms with Crippen molar-refractivity contribution >= 4 is 11.8 Å². The van der Waals surface area contributed by atoms with Gasteiger partial charge in [0.25, 0.3) is 0 Å². The molecule has 0 bridgehead atoms. The molecule has 0 aliphatic carbocycles. The molecule has 0 unspecified atom stereocenters. The molecule has 1 fully saturated rings. The van der Waals surface area contributed by atoms with Crippen LogP contribution in [-0.2, 0) is 16.0 Å². The Balaban J connectivity index is 1.82. The van der Waals surface area contributed by atoms with Crippen LogP contribution >= 0.6 is 0 Å². The van der Waals surface area contributed by atoms with E-state index in [9.17, 15) is 9.59 Å². The van der Waals surface area contributed by atoms with Gasteiger partial charge in [-0.2, -0.15) is 0 Å². The minimum Gasteiger partial charge on any atom is -0.353 e. The monoisotopic (exact) mass is 344 g/mol. The first-order chi connectivity index (χ1) is 11.8. The first-order valence-corrected chi connectivity index (χ1v) is 9.41. The Morgan fingerprint density at radius 1 is 1.24 bits per heavy atom. The Morgan fingerprint density at radius 3 is 2.56 bits per heavy atom. The van der Waals surface area contributed by atoms with Gasteiger partial charge in [0, 0.05) is 24.5 Å². The van der Waals surface area contributed by atoms with E-state index < -0.39 is 0 Å². The van der Waals surface area contributed by atoms with Crippen molar-refractivity contribution in [3.63, 3.8) is 0 Å². The molecule has 0 aromatic heterocycles. The Kier molecular flexibility index (Phi) is 6.63. The second-order valence-electron chi connectivity index (χ2n) is 8.27. The summed E-state index contributed by atoms with van der Waals surface area (Å²) in [5.41, 5.74) is 0.907. The number of likely N-dealkylation sites (tertiary alicyclic amines) is 1. The second-order valence-corrected chi connectivity index (χ2v) is 8.27. The third-order valence-corrected chi connectivity index (χ3v) is 4.82. The van der Waals surface area contributed by atoms with Gasteiger partial charge in [-0.1, -0.05) is 51.1 Å². The van der Waals surface area contributed by atoms with Gasteiger partial charge in [-0.3, -0.25) is 9.59 Å². The summed E-state index contributed by atoms with van der Waals surface area (Å²) >= 11 is 0. The molecule has 2 amide bonds. The second kappa shape index (κ2) is 8.50. The summed E-state index contributed by atoms with van der Waals surface area (Å²) in [6, 6.07) is 10.5. The molecule has 0 saturated carbocycles. The molecular weight excluding hydrogens is 312 g/mol. The zero-order valence-electron chi connectivity index (χ0n) is 16.0. The normalized spacial score (nSPS) is 19.4. The maximum absolute atomic E-state index is 12.6. The van der Waals surface area contributed by atoms with Crippen molar-refractivity contribution in [2.45, 2.75) is 59.4 Å². The highest BCUT2D eigenvalue weighted by molar-refractivity contribution is 5.84. The molecule has 0 radical (unpaired) electrons. The number of carbonyl (C=O) groups is 2. The Morgan fingerprint density at radius 2 is 1.92 bits per heavy atom. The molecule has 4 nitrogen and oxygen atoms in total. The molecule has 1 aromatic rings. The van der Waals surface area contributed by atoms with Crippen LogP contribution in [0, 0.1) is 11.3 Å². The highest BCUT2D eigenvalue weighted by Crippen LogP contribution is 2.23. The summed E-state index contributed by atoms with van der Waals surface area (Å²) in [4.78, 5) is 26.9. The first kappa shape index (κ1) is 19.5. The summed E-state index contributed by atoms with van der Waals surface area (Å²) in [5.74, 6) is 0.147. The molecule has 2 rings (SSSR count). The highest BCUT2D eigenvalue weighted by atomic mass is 16.2. The molecule has 0 spiro atoms. The Labute approximate surface area is 152 Å². The van der Waals surface area contributed by atoms with E-state index in [2.05, 4.69) is 24.4 Å². The molecule has 1 aliphatic heterocycles. The molecule has 138 valence electrons. The predicted molar refractivity (Wildman–Crippen MR) is 101 cm³/mol. The molecule has 1 aliphatic rings. The van der Waals surface area contributed by atoms with Crippen LogP contribution < -0.4 is 5.32 Å². The molecule has 25 heavy (non-hydrogen) atoms. The molecule has 4 heteroatoms. The lowest BCUT2D eigenvalue weighted by molar-refractivity contribution is -0.142. The number of piperidine rings is 1. The minimum absolute atomic E-state index is 0.0841. The number of carbonyl (C=O) groups excluding carboxylic acids is 2. The van der Waals surface area contributed by atoms with Crippen LogP contribution in [0.25, 0.3) is 0 Å². The summed E-state index contributed by atoms with van der Waals surface area (Å²) in [6.07, 6.45) is 3.65. The van der Waals surface area contributed by atoms with Crippen LogP contribution in [0.5, 0.6) is 0 Å². The largest absolute Gasteiger partial charge is 0.353 e. The van der Waals surface area contributed by atoms with Gasteiger partial charge in [0.1, 0.15) is 0 Å². The maximum Gasteiger partial charge on any atom is 0.227 e. The molecule has 1 heterocycles. The Bertz CT molecular complexity index is 577. The standard InChI is InChI=1S/C21H32N2O2/c1-16(12-13-17-9-6-5-7-10-17)22-19(24)18-11-8-14-23(15-18)20(25)21(2,3)4/h5-7,9-10,16,18H,8,11-15H2,1-4H3,(H,22,24)/t16-,18-/m1/s1. The smallest absolute Gasteiger partial charge is 0.227 e. The van der Waals surface area contributed by atoms with Crippen LogP contribution in [0.2, 0.25) is 0 Å². The van der Waals surface area contributed by atoms with E-state index in [-0.39, 0.29) is 29.2 Å². The van der Waals surface area contributed by atoms with Gasteiger partial charge in [0.15, 0.2) is 0 Å². The van der Waals surface area contributed by atoms with E-state index >= 15 is 0 Å². The van der Waals surface area contributed by atoms with Crippen molar-refractivity contribution in [3.05, 3.63) is 35.9 Å². The van der Waals surface area contributed by atoms with Crippen molar-refractivity contribution in [3.8, 4) is 0 Å². The lowest BCUT2D eigenvalue weighted by Gasteiger charge is -2.36. The SMILES string of the molecule is C[C@H](CCc1ccccc1)NC(=O)[C@@H]1CCCN(C(=O)C(C)(C)C)C1. The number of amides is 2. The number of nitrogens with one attached hydrogen (secondary N) is 1. The van der Waals surface area contributed by atoms with Gasteiger partial charge in [0.2, 0.25) is 11.8 Å². The van der Waals surface area contributed by atoms with Crippen molar-refractivity contribution < 1.29 is 9.59 Å². The van der Waals surface area contributed by atoms with E-state index in [0.29, 0.717) is 6.54 Å².